The minimum atomic E-state index is -1.11. The molecule has 3 atom stereocenters. The van der Waals surface area contributed by atoms with Gasteiger partial charge >= 0.3 is 0 Å². The van der Waals surface area contributed by atoms with E-state index in [0.29, 0.717) is 23.8 Å². The van der Waals surface area contributed by atoms with Crippen molar-refractivity contribution in [2.45, 2.75) is 83.5 Å². The fourth-order valence-corrected chi connectivity index (χ4v) is 6.07. The molecule has 176 valence electrons. The molecule has 2 aromatic carbocycles. The van der Waals surface area contributed by atoms with Gasteiger partial charge in [0.1, 0.15) is 34.9 Å². The van der Waals surface area contributed by atoms with E-state index in [0.717, 1.165) is 43.4 Å². The summed E-state index contributed by atoms with van der Waals surface area (Å²) in [4.78, 5) is 0. The minimum Gasteiger partial charge on any atom is -0.206 e. The molecule has 4 rings (SSSR count). The van der Waals surface area contributed by atoms with Crippen LogP contribution in [-0.4, -0.2) is 0 Å². The molecule has 0 heterocycles. The number of halogens is 4. The summed E-state index contributed by atoms with van der Waals surface area (Å²) in [6.45, 7) is 2.22. The van der Waals surface area contributed by atoms with Gasteiger partial charge in [-0.3, -0.25) is 0 Å². The van der Waals surface area contributed by atoms with E-state index >= 15 is 8.78 Å². The molecule has 33 heavy (non-hydrogen) atoms. The maximum Gasteiger partial charge on any atom is 0.144 e. The molecule has 0 aliphatic heterocycles. The molecule has 5 heteroatoms. The summed E-state index contributed by atoms with van der Waals surface area (Å²) >= 11 is 0. The lowest BCUT2D eigenvalue weighted by molar-refractivity contribution is 0.197. The third kappa shape index (κ3) is 4.81. The van der Waals surface area contributed by atoms with Crippen molar-refractivity contribution in [2.24, 2.45) is 11.8 Å². The van der Waals surface area contributed by atoms with E-state index in [-0.39, 0.29) is 11.5 Å². The second-order valence-corrected chi connectivity index (χ2v) is 9.83. The maximum atomic E-state index is 15.5. The van der Waals surface area contributed by atoms with Gasteiger partial charge in [-0.25, -0.2) is 17.6 Å². The largest absolute Gasteiger partial charge is 0.206 e. The molecule has 2 aliphatic rings. The van der Waals surface area contributed by atoms with Gasteiger partial charge in [-0.05, 0) is 84.7 Å². The molecule has 2 aromatic rings. The van der Waals surface area contributed by atoms with Gasteiger partial charge in [-0.2, -0.15) is 5.26 Å². The summed E-state index contributed by atoms with van der Waals surface area (Å²) in [5.41, 5.74) is -0.148. The quantitative estimate of drug-likeness (QED) is 0.302. The molecule has 2 aliphatic carbocycles. The van der Waals surface area contributed by atoms with Crippen molar-refractivity contribution in [1.82, 2.24) is 0 Å². The number of fused-ring (bicyclic) bond motifs is 3. The van der Waals surface area contributed by atoms with Crippen LogP contribution < -0.4 is 0 Å². The van der Waals surface area contributed by atoms with Gasteiger partial charge in [0.15, 0.2) is 0 Å². The molecule has 0 N–H and O–H groups in total. The summed E-state index contributed by atoms with van der Waals surface area (Å²) in [7, 11) is 0. The van der Waals surface area contributed by atoms with Crippen molar-refractivity contribution in [3.8, 4) is 17.2 Å². The van der Waals surface area contributed by atoms with E-state index in [9.17, 15) is 8.78 Å². The Morgan fingerprint density at radius 1 is 0.909 bits per heavy atom. The van der Waals surface area contributed by atoms with E-state index in [4.69, 9.17) is 5.26 Å². The van der Waals surface area contributed by atoms with Crippen LogP contribution in [-0.2, 0) is 6.42 Å². The van der Waals surface area contributed by atoms with E-state index in [1.54, 1.807) is 0 Å². The lowest BCUT2D eigenvalue weighted by atomic mass is 9.64. The molecule has 0 saturated heterocycles. The summed E-state index contributed by atoms with van der Waals surface area (Å²) in [5, 5.41) is 8.86. The van der Waals surface area contributed by atoms with Crippen LogP contribution in [0.5, 0.6) is 0 Å². The van der Waals surface area contributed by atoms with Crippen LogP contribution in [0.15, 0.2) is 18.2 Å². The van der Waals surface area contributed by atoms with Gasteiger partial charge < -0.3 is 0 Å². The molecule has 0 bridgehead atoms. The van der Waals surface area contributed by atoms with E-state index in [1.807, 2.05) is 0 Å². The Morgan fingerprint density at radius 2 is 1.64 bits per heavy atom. The Kier molecular flexibility index (Phi) is 7.41. The van der Waals surface area contributed by atoms with Crippen molar-refractivity contribution in [2.75, 3.05) is 0 Å². The first-order chi connectivity index (χ1) is 15.9. The first-order valence-corrected chi connectivity index (χ1v) is 12.3. The van der Waals surface area contributed by atoms with E-state index in [1.165, 1.54) is 50.7 Å². The van der Waals surface area contributed by atoms with Crippen molar-refractivity contribution < 1.29 is 17.6 Å². The summed E-state index contributed by atoms with van der Waals surface area (Å²) in [5.74, 6) is -2.44. The molecule has 0 unspecified atom stereocenters. The number of nitriles is 1. The molecule has 1 fully saturated rings. The van der Waals surface area contributed by atoms with Gasteiger partial charge in [0.25, 0.3) is 0 Å². The lowest BCUT2D eigenvalue weighted by Crippen LogP contribution is -2.29. The highest BCUT2D eigenvalue weighted by atomic mass is 19.1. The predicted molar refractivity (Wildman–Crippen MR) is 122 cm³/mol. The SMILES string of the molecule is CCCCCCC[C@@H]1CC[C@@H]2c3cc(F)c(-c4cc(F)c(C#N)c(F)c4)c(F)c3CC[C@H]2C1. The second kappa shape index (κ2) is 10.3. The monoisotopic (exact) mass is 457 g/mol. The highest BCUT2D eigenvalue weighted by molar-refractivity contribution is 5.68. The third-order valence-electron chi connectivity index (χ3n) is 7.77. The number of hydrogen-bond donors (Lipinski definition) is 0. The normalized spacial score (nSPS) is 21.9. The molecule has 1 saturated carbocycles. The number of hydrogen-bond acceptors (Lipinski definition) is 1. The van der Waals surface area contributed by atoms with Crippen LogP contribution in [0, 0.1) is 46.4 Å². The van der Waals surface area contributed by atoms with Crippen LogP contribution in [0.2, 0.25) is 0 Å². The Labute approximate surface area is 193 Å². The Hall–Kier alpha value is -2.35. The maximum absolute atomic E-state index is 15.5. The number of rotatable bonds is 7. The molecule has 0 radical (unpaired) electrons. The third-order valence-corrected chi connectivity index (χ3v) is 7.77. The highest BCUT2D eigenvalue weighted by Gasteiger charge is 2.37. The average molecular weight is 458 g/mol. The smallest absolute Gasteiger partial charge is 0.144 e. The number of nitrogens with zero attached hydrogens (tertiary/aromatic N) is 1. The first kappa shape index (κ1) is 23.8. The Bertz CT molecular complexity index is 1030. The van der Waals surface area contributed by atoms with Crippen molar-refractivity contribution in [3.05, 3.63) is 58.2 Å². The highest BCUT2D eigenvalue weighted by Crippen LogP contribution is 2.49. The number of benzene rings is 2. The van der Waals surface area contributed by atoms with Crippen molar-refractivity contribution in [3.63, 3.8) is 0 Å². The Morgan fingerprint density at radius 3 is 2.33 bits per heavy atom. The van der Waals surface area contributed by atoms with Crippen LogP contribution >= 0.6 is 0 Å². The minimum absolute atomic E-state index is 0.151. The van der Waals surface area contributed by atoms with Crippen LogP contribution in [0.1, 0.15) is 93.7 Å². The van der Waals surface area contributed by atoms with Crippen LogP contribution in [0.3, 0.4) is 0 Å². The molecule has 0 amide bonds. The zero-order valence-electron chi connectivity index (χ0n) is 19.2. The fourth-order valence-electron chi connectivity index (χ4n) is 6.07. The summed E-state index contributed by atoms with van der Waals surface area (Å²) < 4.78 is 58.8. The standard InChI is InChI=1S/C28H31F4N/c1-2-3-4-5-6-7-17-8-10-20-18(12-17)9-11-21-22(20)15-26(31)27(28(21)32)19-13-24(29)23(16-33)25(30)14-19/h13-15,17-18,20H,2-12H2,1H3/t17-,18+,20+/m1/s1. The van der Waals surface area contributed by atoms with Crippen LogP contribution in [0.4, 0.5) is 17.6 Å². The molecular weight excluding hydrogens is 426 g/mol. The lowest BCUT2D eigenvalue weighted by Gasteiger charge is -2.41. The Balaban J connectivity index is 1.54. The van der Waals surface area contributed by atoms with Gasteiger partial charge in [0.05, 0.1) is 5.56 Å². The van der Waals surface area contributed by atoms with E-state index in [2.05, 4.69) is 6.92 Å². The average Bonchev–Trinajstić information content (AvgIpc) is 2.78. The van der Waals surface area contributed by atoms with Crippen molar-refractivity contribution in [1.29, 1.82) is 5.26 Å². The van der Waals surface area contributed by atoms with Gasteiger partial charge in [0.2, 0.25) is 0 Å². The first-order valence-electron chi connectivity index (χ1n) is 12.3. The molecule has 0 aromatic heterocycles. The van der Waals surface area contributed by atoms with Gasteiger partial charge in [-0.1, -0.05) is 45.4 Å². The second-order valence-electron chi connectivity index (χ2n) is 9.83. The van der Waals surface area contributed by atoms with E-state index < -0.39 is 34.4 Å². The molecular formula is C28H31F4N. The fraction of sp³-hybridized carbons (Fsp3) is 0.536. The van der Waals surface area contributed by atoms with Crippen LogP contribution in [0.25, 0.3) is 11.1 Å². The van der Waals surface area contributed by atoms with Crippen molar-refractivity contribution >= 4 is 0 Å². The zero-order valence-corrected chi connectivity index (χ0v) is 19.2. The number of unbranched alkanes of at least 4 members (excludes halogenated alkanes) is 4. The van der Waals surface area contributed by atoms with Gasteiger partial charge in [-0.15, -0.1) is 0 Å². The van der Waals surface area contributed by atoms with Gasteiger partial charge in [0, 0.05) is 0 Å². The topological polar surface area (TPSA) is 23.8 Å². The summed E-state index contributed by atoms with van der Waals surface area (Å²) in [6, 6.07) is 4.51. The predicted octanol–water partition coefficient (Wildman–Crippen LogP) is 8.59. The molecule has 1 nitrogen and oxygen atoms in total. The molecule has 0 spiro atoms. The summed E-state index contributed by atoms with van der Waals surface area (Å²) in [6.07, 6.45) is 12.2. The zero-order chi connectivity index (χ0) is 23.5.